The number of piperazine rings is 1. The van der Waals surface area contributed by atoms with Crippen molar-refractivity contribution >= 4 is 17.0 Å². The van der Waals surface area contributed by atoms with Crippen molar-refractivity contribution in [1.29, 1.82) is 0 Å². The zero-order valence-corrected chi connectivity index (χ0v) is 12.1. The highest BCUT2D eigenvalue weighted by Crippen LogP contribution is 2.21. The molecular weight excluding hydrogens is 252 g/mol. The van der Waals surface area contributed by atoms with Crippen LogP contribution in [0, 0.1) is 0 Å². The van der Waals surface area contributed by atoms with Gasteiger partial charge in [0.05, 0.1) is 0 Å². The second-order valence-corrected chi connectivity index (χ2v) is 6.21. The van der Waals surface area contributed by atoms with Crippen molar-refractivity contribution in [3.63, 3.8) is 0 Å². The molecule has 0 saturated carbocycles. The van der Waals surface area contributed by atoms with Crippen molar-refractivity contribution in [3.8, 4) is 0 Å². The Morgan fingerprint density at radius 1 is 1.11 bits per heavy atom. The lowest BCUT2D eigenvalue weighted by Crippen LogP contribution is -2.51. The molecular formula is C16H20N2S. The molecule has 0 bridgehead atoms. The summed E-state index contributed by atoms with van der Waals surface area (Å²) in [6.07, 6.45) is 0. The highest BCUT2D eigenvalue weighted by molar-refractivity contribution is 7.09. The first-order valence-electron chi connectivity index (χ1n) is 6.89. The van der Waals surface area contributed by atoms with Gasteiger partial charge in [-0.2, -0.15) is 0 Å². The van der Waals surface area contributed by atoms with E-state index in [9.17, 15) is 0 Å². The molecule has 1 atom stereocenters. The summed E-state index contributed by atoms with van der Waals surface area (Å²) in [5.74, 6) is 0. The largest absolute Gasteiger partial charge is 0.369 e. The van der Waals surface area contributed by atoms with Gasteiger partial charge in [0.2, 0.25) is 0 Å². The van der Waals surface area contributed by atoms with Crippen molar-refractivity contribution in [3.05, 3.63) is 52.7 Å². The van der Waals surface area contributed by atoms with Crippen LogP contribution in [0.5, 0.6) is 0 Å². The maximum absolute atomic E-state index is 2.59. The van der Waals surface area contributed by atoms with Crippen LogP contribution in [0.15, 0.2) is 47.8 Å². The molecule has 0 N–H and O–H groups in total. The minimum atomic E-state index is 0.607. The Morgan fingerprint density at radius 2 is 1.95 bits per heavy atom. The zero-order valence-electron chi connectivity index (χ0n) is 11.3. The zero-order chi connectivity index (χ0) is 13.1. The predicted octanol–water partition coefficient (Wildman–Crippen LogP) is 3.46. The Labute approximate surface area is 119 Å². The molecule has 1 saturated heterocycles. The molecule has 0 unspecified atom stereocenters. The second-order valence-electron chi connectivity index (χ2n) is 5.18. The summed E-state index contributed by atoms with van der Waals surface area (Å²) in [5, 5.41) is 2.17. The van der Waals surface area contributed by atoms with E-state index in [2.05, 4.69) is 64.6 Å². The quantitative estimate of drug-likeness (QED) is 0.844. The molecule has 3 heteroatoms. The van der Waals surface area contributed by atoms with Crippen LogP contribution in [-0.4, -0.2) is 30.6 Å². The molecule has 1 fully saturated rings. The molecule has 2 nitrogen and oxygen atoms in total. The number of hydrogen-bond acceptors (Lipinski definition) is 3. The van der Waals surface area contributed by atoms with Gasteiger partial charge >= 0.3 is 0 Å². The molecule has 0 spiro atoms. The van der Waals surface area contributed by atoms with Gasteiger partial charge in [-0.25, -0.2) is 0 Å². The Morgan fingerprint density at radius 3 is 2.63 bits per heavy atom. The summed E-state index contributed by atoms with van der Waals surface area (Å²) in [4.78, 5) is 6.56. The van der Waals surface area contributed by atoms with Gasteiger partial charge in [-0.15, -0.1) is 11.3 Å². The van der Waals surface area contributed by atoms with Crippen molar-refractivity contribution in [2.75, 3.05) is 24.5 Å². The smallest absolute Gasteiger partial charge is 0.0367 e. The molecule has 0 amide bonds. The van der Waals surface area contributed by atoms with Crippen LogP contribution in [0.3, 0.4) is 0 Å². The summed E-state index contributed by atoms with van der Waals surface area (Å²) < 4.78 is 0. The van der Waals surface area contributed by atoms with Crippen molar-refractivity contribution < 1.29 is 0 Å². The Hall–Kier alpha value is -1.32. The molecule has 2 aromatic rings. The van der Waals surface area contributed by atoms with E-state index in [-0.39, 0.29) is 0 Å². The molecule has 1 aromatic heterocycles. The van der Waals surface area contributed by atoms with Crippen LogP contribution >= 0.6 is 11.3 Å². The molecule has 2 heterocycles. The molecule has 19 heavy (non-hydrogen) atoms. The lowest BCUT2D eigenvalue weighted by Gasteiger charge is -2.40. The summed E-state index contributed by atoms with van der Waals surface area (Å²) in [7, 11) is 0. The van der Waals surface area contributed by atoms with Gasteiger partial charge in [0.15, 0.2) is 0 Å². The molecule has 0 radical (unpaired) electrons. The van der Waals surface area contributed by atoms with Gasteiger partial charge in [0, 0.05) is 42.8 Å². The average molecular weight is 272 g/mol. The Kier molecular flexibility index (Phi) is 3.85. The van der Waals surface area contributed by atoms with Gasteiger partial charge in [-0.3, -0.25) is 4.90 Å². The monoisotopic (exact) mass is 272 g/mol. The summed E-state index contributed by atoms with van der Waals surface area (Å²) in [5.41, 5.74) is 1.35. The van der Waals surface area contributed by atoms with Crippen LogP contribution in [0.1, 0.15) is 11.8 Å². The highest BCUT2D eigenvalue weighted by atomic mass is 32.1. The van der Waals surface area contributed by atoms with Gasteiger partial charge < -0.3 is 4.90 Å². The van der Waals surface area contributed by atoms with Crippen molar-refractivity contribution in [1.82, 2.24) is 4.90 Å². The number of para-hydroxylation sites is 1. The van der Waals surface area contributed by atoms with E-state index in [1.807, 2.05) is 11.3 Å². The third-order valence-corrected chi connectivity index (χ3v) is 4.69. The van der Waals surface area contributed by atoms with E-state index >= 15 is 0 Å². The first-order valence-corrected chi connectivity index (χ1v) is 7.77. The van der Waals surface area contributed by atoms with Gasteiger partial charge in [0.1, 0.15) is 0 Å². The highest BCUT2D eigenvalue weighted by Gasteiger charge is 2.23. The fraction of sp³-hybridized carbons (Fsp3) is 0.375. The van der Waals surface area contributed by atoms with Gasteiger partial charge in [-0.05, 0) is 30.5 Å². The summed E-state index contributed by atoms with van der Waals surface area (Å²) in [6.45, 7) is 6.83. The van der Waals surface area contributed by atoms with Gasteiger partial charge in [-0.1, -0.05) is 24.3 Å². The number of hydrogen-bond donors (Lipinski definition) is 0. The lowest BCUT2D eigenvalue weighted by molar-refractivity contribution is 0.182. The molecule has 1 aromatic carbocycles. The van der Waals surface area contributed by atoms with Gasteiger partial charge in [0.25, 0.3) is 0 Å². The maximum atomic E-state index is 2.59. The normalized spacial score (nSPS) is 20.7. The van der Waals surface area contributed by atoms with Crippen LogP contribution in [0.2, 0.25) is 0 Å². The number of benzene rings is 1. The van der Waals surface area contributed by atoms with E-state index < -0.39 is 0 Å². The van der Waals surface area contributed by atoms with E-state index in [0.29, 0.717) is 6.04 Å². The SMILES string of the molecule is C[C@@H]1CN(c2ccccc2)CCN1Cc1cccs1. The van der Waals surface area contributed by atoms with Crippen LogP contribution in [-0.2, 0) is 6.54 Å². The topological polar surface area (TPSA) is 6.48 Å². The molecule has 0 aliphatic carbocycles. The first-order chi connectivity index (χ1) is 9.33. The van der Waals surface area contributed by atoms with E-state index in [4.69, 9.17) is 0 Å². The number of thiophene rings is 1. The third-order valence-electron chi connectivity index (χ3n) is 3.83. The predicted molar refractivity (Wildman–Crippen MR) is 82.8 cm³/mol. The first kappa shape index (κ1) is 12.7. The second kappa shape index (κ2) is 5.76. The third kappa shape index (κ3) is 2.99. The van der Waals surface area contributed by atoms with E-state index in [1.54, 1.807) is 0 Å². The van der Waals surface area contributed by atoms with E-state index in [0.717, 1.165) is 26.2 Å². The van der Waals surface area contributed by atoms with Crippen LogP contribution < -0.4 is 4.90 Å². The summed E-state index contributed by atoms with van der Waals surface area (Å²) in [6, 6.07) is 15.7. The van der Waals surface area contributed by atoms with Crippen molar-refractivity contribution in [2.24, 2.45) is 0 Å². The number of rotatable bonds is 3. The standard InChI is InChI=1S/C16H20N2S/c1-14-12-18(15-6-3-2-4-7-15)10-9-17(14)13-16-8-5-11-19-16/h2-8,11,14H,9-10,12-13H2,1H3/t14-/m1/s1. The number of nitrogens with zero attached hydrogens (tertiary/aromatic N) is 2. The molecule has 3 rings (SSSR count). The minimum absolute atomic E-state index is 0.607. The van der Waals surface area contributed by atoms with Crippen LogP contribution in [0.4, 0.5) is 5.69 Å². The minimum Gasteiger partial charge on any atom is -0.369 e. The van der Waals surface area contributed by atoms with Crippen LogP contribution in [0.25, 0.3) is 0 Å². The molecule has 1 aliphatic rings. The Balaban J connectivity index is 1.63. The average Bonchev–Trinajstić information content (AvgIpc) is 2.95. The fourth-order valence-corrected chi connectivity index (χ4v) is 3.44. The molecule has 100 valence electrons. The molecule has 1 aliphatic heterocycles. The lowest BCUT2D eigenvalue weighted by atomic mass is 10.1. The number of anilines is 1. The summed E-state index contributed by atoms with van der Waals surface area (Å²) >= 11 is 1.86. The van der Waals surface area contributed by atoms with E-state index in [1.165, 1.54) is 10.6 Å². The fourth-order valence-electron chi connectivity index (χ4n) is 2.71. The Bertz CT molecular complexity index is 495. The van der Waals surface area contributed by atoms with Crippen molar-refractivity contribution in [2.45, 2.75) is 19.5 Å². The maximum Gasteiger partial charge on any atom is 0.0367 e.